The maximum atomic E-state index is 5.62. The van der Waals surface area contributed by atoms with E-state index in [0.717, 1.165) is 63.4 Å². The zero-order valence-electron chi connectivity index (χ0n) is 13.6. The number of hydrogen-bond donors (Lipinski definition) is 1. The first kappa shape index (κ1) is 16.4. The normalized spacial score (nSPS) is 20.3. The summed E-state index contributed by atoms with van der Waals surface area (Å²) in [6.07, 6.45) is 6.40. The minimum Gasteiger partial charge on any atom is -0.378 e. The number of aromatic nitrogens is 2. The van der Waals surface area contributed by atoms with Crippen LogP contribution >= 0.6 is 0 Å². The third-order valence-electron chi connectivity index (χ3n) is 3.80. The maximum absolute atomic E-state index is 5.62. The molecule has 2 atom stereocenters. The number of hydrogen-bond acceptors (Lipinski definition) is 5. The molecule has 0 radical (unpaired) electrons. The zero-order valence-corrected chi connectivity index (χ0v) is 13.6. The van der Waals surface area contributed by atoms with Crippen molar-refractivity contribution in [2.45, 2.75) is 71.4 Å². The second kappa shape index (κ2) is 8.49. The van der Waals surface area contributed by atoms with Crippen LogP contribution in [0.25, 0.3) is 0 Å². The number of nitrogens with zero attached hydrogens (tertiary/aromatic N) is 2. The van der Waals surface area contributed by atoms with E-state index < -0.39 is 0 Å². The molecular formula is C16H29N3O2. The minimum absolute atomic E-state index is 0.278. The van der Waals surface area contributed by atoms with E-state index in [1.807, 2.05) is 0 Å². The molecular weight excluding hydrogens is 266 g/mol. The van der Waals surface area contributed by atoms with Gasteiger partial charge in [-0.2, -0.15) is 4.98 Å². The molecule has 1 aromatic rings. The summed E-state index contributed by atoms with van der Waals surface area (Å²) in [6.45, 7) is 8.58. The molecule has 1 fully saturated rings. The lowest BCUT2D eigenvalue weighted by Gasteiger charge is -2.18. The Bertz CT molecular complexity index is 400. The van der Waals surface area contributed by atoms with Gasteiger partial charge in [-0.1, -0.05) is 25.9 Å². The van der Waals surface area contributed by atoms with Gasteiger partial charge in [0, 0.05) is 25.5 Å². The first-order valence-corrected chi connectivity index (χ1v) is 8.33. The number of nitrogens with one attached hydrogen (secondary N) is 1. The van der Waals surface area contributed by atoms with Crippen molar-refractivity contribution in [2.24, 2.45) is 5.92 Å². The first-order valence-electron chi connectivity index (χ1n) is 8.33. The summed E-state index contributed by atoms with van der Waals surface area (Å²) < 4.78 is 11.0. The van der Waals surface area contributed by atoms with Crippen LogP contribution in [0.5, 0.6) is 0 Å². The molecule has 2 heterocycles. The fraction of sp³-hybridized carbons (Fsp3) is 0.875. The van der Waals surface area contributed by atoms with Gasteiger partial charge in [-0.15, -0.1) is 0 Å². The van der Waals surface area contributed by atoms with Crippen molar-refractivity contribution in [2.75, 3.05) is 13.2 Å². The van der Waals surface area contributed by atoms with Gasteiger partial charge in [0.2, 0.25) is 5.89 Å². The Kier molecular flexibility index (Phi) is 6.64. The van der Waals surface area contributed by atoms with Crippen LogP contribution in [0.15, 0.2) is 4.52 Å². The summed E-state index contributed by atoms with van der Waals surface area (Å²) in [5.74, 6) is 2.20. The fourth-order valence-electron chi connectivity index (χ4n) is 2.83. The Balaban J connectivity index is 1.85. The summed E-state index contributed by atoms with van der Waals surface area (Å²) in [7, 11) is 0. The molecule has 21 heavy (non-hydrogen) atoms. The van der Waals surface area contributed by atoms with Gasteiger partial charge in [0.1, 0.15) is 0 Å². The second-order valence-corrected chi connectivity index (χ2v) is 6.43. The standard InChI is InChI=1S/C16H29N3O2/c1-4-7-17-13(9-12(2)3)10-16-18-15(19-21-16)11-14-6-5-8-20-14/h12-14,17H,4-11H2,1-3H3. The highest BCUT2D eigenvalue weighted by Gasteiger charge is 2.20. The molecule has 0 aliphatic carbocycles. The van der Waals surface area contributed by atoms with Gasteiger partial charge >= 0.3 is 0 Å². The van der Waals surface area contributed by atoms with Crippen molar-refractivity contribution < 1.29 is 9.26 Å². The Morgan fingerprint density at radius 1 is 1.38 bits per heavy atom. The van der Waals surface area contributed by atoms with Gasteiger partial charge in [0.05, 0.1) is 6.10 Å². The van der Waals surface area contributed by atoms with Crippen LogP contribution < -0.4 is 5.32 Å². The molecule has 0 spiro atoms. The van der Waals surface area contributed by atoms with Gasteiger partial charge in [-0.3, -0.25) is 0 Å². The lowest BCUT2D eigenvalue weighted by Crippen LogP contribution is -2.33. The number of ether oxygens (including phenoxy) is 1. The summed E-state index contributed by atoms with van der Waals surface area (Å²) >= 11 is 0. The van der Waals surface area contributed by atoms with E-state index in [1.54, 1.807) is 0 Å². The molecule has 0 saturated carbocycles. The van der Waals surface area contributed by atoms with E-state index in [1.165, 1.54) is 0 Å². The van der Waals surface area contributed by atoms with E-state index in [0.29, 0.717) is 12.0 Å². The van der Waals surface area contributed by atoms with Gasteiger partial charge in [0.15, 0.2) is 5.82 Å². The molecule has 5 nitrogen and oxygen atoms in total. The smallest absolute Gasteiger partial charge is 0.228 e. The number of rotatable bonds is 9. The molecule has 1 N–H and O–H groups in total. The van der Waals surface area contributed by atoms with E-state index in [4.69, 9.17) is 9.26 Å². The van der Waals surface area contributed by atoms with Crippen LogP contribution in [0.3, 0.4) is 0 Å². The third kappa shape index (κ3) is 5.75. The minimum atomic E-state index is 0.278. The van der Waals surface area contributed by atoms with Gasteiger partial charge in [-0.05, 0) is 38.1 Å². The van der Waals surface area contributed by atoms with Crippen molar-refractivity contribution in [3.63, 3.8) is 0 Å². The topological polar surface area (TPSA) is 60.2 Å². The van der Waals surface area contributed by atoms with Crippen molar-refractivity contribution in [3.05, 3.63) is 11.7 Å². The largest absolute Gasteiger partial charge is 0.378 e. The average molecular weight is 295 g/mol. The van der Waals surface area contributed by atoms with E-state index >= 15 is 0 Å². The Hall–Kier alpha value is -0.940. The monoisotopic (exact) mass is 295 g/mol. The van der Waals surface area contributed by atoms with Gasteiger partial charge in [0.25, 0.3) is 0 Å². The molecule has 1 aliphatic rings. The lowest BCUT2D eigenvalue weighted by molar-refractivity contribution is 0.109. The van der Waals surface area contributed by atoms with Crippen LogP contribution in [0.2, 0.25) is 0 Å². The molecule has 1 saturated heterocycles. The molecule has 2 rings (SSSR count). The highest BCUT2D eigenvalue weighted by atomic mass is 16.5. The third-order valence-corrected chi connectivity index (χ3v) is 3.80. The van der Waals surface area contributed by atoms with Crippen LogP contribution in [-0.4, -0.2) is 35.4 Å². The molecule has 1 aliphatic heterocycles. The van der Waals surface area contributed by atoms with Crippen molar-refractivity contribution in [3.8, 4) is 0 Å². The SMILES string of the molecule is CCCNC(Cc1nc(CC2CCCO2)no1)CC(C)C. The van der Waals surface area contributed by atoms with Crippen LogP contribution in [-0.2, 0) is 17.6 Å². The van der Waals surface area contributed by atoms with Crippen molar-refractivity contribution in [1.29, 1.82) is 0 Å². The van der Waals surface area contributed by atoms with Gasteiger partial charge < -0.3 is 14.6 Å². The predicted octanol–water partition coefficient (Wildman–Crippen LogP) is 2.75. The fourth-order valence-corrected chi connectivity index (χ4v) is 2.83. The molecule has 0 aromatic carbocycles. The van der Waals surface area contributed by atoms with Crippen LogP contribution in [0.1, 0.15) is 58.2 Å². The zero-order chi connectivity index (χ0) is 15.1. The van der Waals surface area contributed by atoms with Crippen LogP contribution in [0, 0.1) is 5.92 Å². The molecule has 120 valence electrons. The summed E-state index contributed by atoms with van der Waals surface area (Å²) in [4.78, 5) is 4.53. The van der Waals surface area contributed by atoms with Crippen molar-refractivity contribution >= 4 is 0 Å². The molecule has 0 amide bonds. The Labute approximate surface area is 127 Å². The van der Waals surface area contributed by atoms with Gasteiger partial charge in [-0.25, -0.2) is 0 Å². The second-order valence-electron chi connectivity index (χ2n) is 6.43. The van der Waals surface area contributed by atoms with Crippen molar-refractivity contribution in [1.82, 2.24) is 15.5 Å². The molecule has 2 unspecified atom stereocenters. The average Bonchev–Trinajstić information content (AvgIpc) is 3.08. The molecule has 1 aromatic heterocycles. The van der Waals surface area contributed by atoms with E-state index in [9.17, 15) is 0 Å². The predicted molar refractivity (Wildman–Crippen MR) is 82.2 cm³/mol. The van der Waals surface area contributed by atoms with E-state index in [-0.39, 0.29) is 6.10 Å². The summed E-state index contributed by atoms with van der Waals surface area (Å²) in [6, 6.07) is 0.418. The maximum Gasteiger partial charge on any atom is 0.228 e. The van der Waals surface area contributed by atoms with E-state index in [2.05, 4.69) is 36.2 Å². The highest BCUT2D eigenvalue weighted by Crippen LogP contribution is 2.16. The highest BCUT2D eigenvalue weighted by molar-refractivity contribution is 4.92. The molecule has 5 heteroatoms. The quantitative estimate of drug-likeness (QED) is 0.759. The van der Waals surface area contributed by atoms with Crippen LogP contribution in [0.4, 0.5) is 0 Å². The lowest BCUT2D eigenvalue weighted by atomic mass is 10.0. The summed E-state index contributed by atoms with van der Waals surface area (Å²) in [5, 5.41) is 7.68. The molecule has 0 bridgehead atoms. The first-order chi connectivity index (χ1) is 10.2. The Morgan fingerprint density at radius 3 is 2.90 bits per heavy atom. The Morgan fingerprint density at radius 2 is 2.24 bits per heavy atom. The summed E-state index contributed by atoms with van der Waals surface area (Å²) in [5.41, 5.74) is 0.